The van der Waals surface area contributed by atoms with Crippen LogP contribution < -0.4 is 4.90 Å². The molecular formula is C14H17N5O. The Kier molecular flexibility index (Phi) is 3.56. The van der Waals surface area contributed by atoms with Crippen molar-refractivity contribution in [1.82, 2.24) is 19.9 Å². The predicted molar refractivity (Wildman–Crippen MR) is 74.4 cm³/mol. The summed E-state index contributed by atoms with van der Waals surface area (Å²) in [5, 5.41) is 0. The van der Waals surface area contributed by atoms with Crippen LogP contribution in [-0.2, 0) is 4.74 Å². The summed E-state index contributed by atoms with van der Waals surface area (Å²) in [6, 6.07) is 3.80. The topological polar surface area (TPSA) is 64.0 Å². The molecule has 104 valence electrons. The lowest BCUT2D eigenvalue weighted by Gasteiger charge is -2.32. The molecule has 6 heteroatoms. The molecular weight excluding hydrogens is 254 g/mol. The number of aryl methyl sites for hydroxylation is 2. The van der Waals surface area contributed by atoms with Crippen LogP contribution in [-0.4, -0.2) is 39.6 Å². The van der Waals surface area contributed by atoms with E-state index >= 15 is 0 Å². The molecule has 1 saturated heterocycles. The third-order valence-electron chi connectivity index (χ3n) is 3.22. The Morgan fingerprint density at radius 1 is 1.20 bits per heavy atom. The van der Waals surface area contributed by atoms with E-state index in [1.807, 2.05) is 26.0 Å². The summed E-state index contributed by atoms with van der Waals surface area (Å²) in [5.41, 5.74) is 1.89. The maximum Gasteiger partial charge on any atom is 0.225 e. The normalized spacial score (nSPS) is 19.1. The Morgan fingerprint density at radius 3 is 2.75 bits per heavy atom. The van der Waals surface area contributed by atoms with Crippen molar-refractivity contribution in [2.24, 2.45) is 0 Å². The monoisotopic (exact) mass is 271 g/mol. The summed E-state index contributed by atoms with van der Waals surface area (Å²) >= 11 is 0. The second-order valence-electron chi connectivity index (χ2n) is 4.84. The first-order chi connectivity index (χ1) is 9.72. The lowest BCUT2D eigenvalue weighted by molar-refractivity contribution is 0.0362. The second kappa shape index (κ2) is 5.50. The highest BCUT2D eigenvalue weighted by Crippen LogP contribution is 2.23. The number of hydrogen-bond acceptors (Lipinski definition) is 6. The lowest BCUT2D eigenvalue weighted by atomic mass is 10.2. The predicted octanol–water partition coefficient (Wildman–Crippen LogP) is 1.46. The lowest BCUT2D eigenvalue weighted by Crippen LogP contribution is -2.39. The van der Waals surface area contributed by atoms with Gasteiger partial charge in [0.2, 0.25) is 5.95 Å². The van der Waals surface area contributed by atoms with Crippen molar-refractivity contribution in [3.63, 3.8) is 0 Å². The minimum absolute atomic E-state index is 0.0621. The zero-order valence-corrected chi connectivity index (χ0v) is 11.7. The average molecular weight is 271 g/mol. The molecule has 1 aliphatic heterocycles. The molecule has 2 aromatic heterocycles. The third kappa shape index (κ3) is 2.75. The van der Waals surface area contributed by atoms with E-state index in [2.05, 4.69) is 24.8 Å². The molecule has 3 rings (SSSR count). The van der Waals surface area contributed by atoms with Gasteiger partial charge in [0.1, 0.15) is 11.9 Å². The van der Waals surface area contributed by atoms with E-state index in [0.29, 0.717) is 13.2 Å². The van der Waals surface area contributed by atoms with Crippen LogP contribution in [0.15, 0.2) is 24.5 Å². The van der Waals surface area contributed by atoms with Gasteiger partial charge in [-0.2, -0.15) is 0 Å². The molecule has 1 aliphatic rings. The molecule has 1 atom stereocenters. The van der Waals surface area contributed by atoms with Crippen LogP contribution in [0.5, 0.6) is 0 Å². The summed E-state index contributed by atoms with van der Waals surface area (Å²) in [6.07, 6.45) is 3.45. The van der Waals surface area contributed by atoms with E-state index in [9.17, 15) is 0 Å². The molecule has 1 fully saturated rings. The van der Waals surface area contributed by atoms with E-state index in [0.717, 1.165) is 29.7 Å². The van der Waals surface area contributed by atoms with Crippen LogP contribution in [0.4, 0.5) is 5.95 Å². The van der Waals surface area contributed by atoms with Gasteiger partial charge in [0.05, 0.1) is 18.8 Å². The highest BCUT2D eigenvalue weighted by atomic mass is 16.5. The van der Waals surface area contributed by atoms with Crippen LogP contribution in [0.2, 0.25) is 0 Å². The standard InChI is InChI=1S/C14H17N5O/c1-10-8-12(18-11(2)17-10)13-9-19(6-7-20-13)14-15-4-3-5-16-14/h3-5,8,13H,6-7,9H2,1-2H3/t13-/m0/s1. The molecule has 0 unspecified atom stereocenters. The summed E-state index contributed by atoms with van der Waals surface area (Å²) < 4.78 is 5.84. The minimum Gasteiger partial charge on any atom is -0.368 e. The van der Waals surface area contributed by atoms with Crippen molar-refractivity contribution >= 4 is 5.95 Å². The van der Waals surface area contributed by atoms with Crippen molar-refractivity contribution in [2.45, 2.75) is 20.0 Å². The number of hydrogen-bond donors (Lipinski definition) is 0. The first-order valence-corrected chi connectivity index (χ1v) is 6.68. The molecule has 6 nitrogen and oxygen atoms in total. The van der Waals surface area contributed by atoms with Crippen LogP contribution in [0, 0.1) is 13.8 Å². The quantitative estimate of drug-likeness (QED) is 0.824. The summed E-state index contributed by atoms with van der Waals surface area (Å²) in [4.78, 5) is 19.5. The fourth-order valence-electron chi connectivity index (χ4n) is 2.37. The fraction of sp³-hybridized carbons (Fsp3) is 0.429. The molecule has 0 radical (unpaired) electrons. The first-order valence-electron chi connectivity index (χ1n) is 6.68. The van der Waals surface area contributed by atoms with E-state index in [4.69, 9.17) is 4.74 Å². The van der Waals surface area contributed by atoms with Gasteiger partial charge in [-0.3, -0.25) is 0 Å². The van der Waals surface area contributed by atoms with Gasteiger partial charge >= 0.3 is 0 Å². The highest BCUT2D eigenvalue weighted by molar-refractivity contribution is 5.30. The van der Waals surface area contributed by atoms with Gasteiger partial charge in [0.15, 0.2) is 0 Å². The molecule has 0 bridgehead atoms. The zero-order valence-electron chi connectivity index (χ0n) is 11.7. The molecule has 0 saturated carbocycles. The number of nitrogens with zero attached hydrogens (tertiary/aromatic N) is 5. The molecule has 3 heterocycles. The van der Waals surface area contributed by atoms with Crippen molar-refractivity contribution in [1.29, 1.82) is 0 Å². The molecule has 0 spiro atoms. The number of rotatable bonds is 2. The second-order valence-corrected chi connectivity index (χ2v) is 4.84. The Bertz CT molecular complexity index is 569. The van der Waals surface area contributed by atoms with Gasteiger partial charge in [-0.15, -0.1) is 0 Å². The largest absolute Gasteiger partial charge is 0.368 e. The third-order valence-corrected chi connectivity index (χ3v) is 3.22. The Hall–Kier alpha value is -2.08. The van der Waals surface area contributed by atoms with Crippen molar-refractivity contribution in [3.05, 3.63) is 41.7 Å². The Labute approximate surface area is 117 Å². The van der Waals surface area contributed by atoms with Crippen molar-refractivity contribution in [2.75, 3.05) is 24.6 Å². The van der Waals surface area contributed by atoms with Crippen molar-refractivity contribution in [3.8, 4) is 0 Å². The van der Waals surface area contributed by atoms with Crippen molar-refractivity contribution < 1.29 is 4.74 Å². The molecule has 0 N–H and O–H groups in total. The van der Waals surface area contributed by atoms with Gasteiger partial charge < -0.3 is 9.64 Å². The fourth-order valence-corrected chi connectivity index (χ4v) is 2.37. The van der Waals surface area contributed by atoms with Crippen LogP contribution in [0.25, 0.3) is 0 Å². The SMILES string of the molecule is Cc1cc([C@@H]2CN(c3ncccn3)CCO2)nc(C)n1. The molecule has 2 aromatic rings. The summed E-state index contributed by atoms with van der Waals surface area (Å²) in [6.45, 7) is 6.02. The maximum atomic E-state index is 5.84. The van der Waals surface area contributed by atoms with Gasteiger partial charge in [-0.25, -0.2) is 19.9 Å². The zero-order chi connectivity index (χ0) is 13.9. The van der Waals surface area contributed by atoms with Gasteiger partial charge in [-0.05, 0) is 26.0 Å². The number of aromatic nitrogens is 4. The Balaban J connectivity index is 1.81. The van der Waals surface area contributed by atoms with Crippen LogP contribution >= 0.6 is 0 Å². The van der Waals surface area contributed by atoms with Gasteiger partial charge in [-0.1, -0.05) is 0 Å². The van der Waals surface area contributed by atoms with E-state index in [1.54, 1.807) is 12.4 Å². The van der Waals surface area contributed by atoms with E-state index in [1.165, 1.54) is 0 Å². The number of ether oxygens (including phenoxy) is 1. The molecule has 20 heavy (non-hydrogen) atoms. The summed E-state index contributed by atoms with van der Waals surface area (Å²) in [5.74, 6) is 1.51. The van der Waals surface area contributed by atoms with Crippen LogP contribution in [0.1, 0.15) is 23.3 Å². The number of anilines is 1. The van der Waals surface area contributed by atoms with Gasteiger partial charge in [0.25, 0.3) is 0 Å². The minimum atomic E-state index is -0.0621. The molecule has 0 aromatic carbocycles. The highest BCUT2D eigenvalue weighted by Gasteiger charge is 2.25. The van der Waals surface area contributed by atoms with Gasteiger partial charge in [0, 0.05) is 24.6 Å². The van der Waals surface area contributed by atoms with E-state index < -0.39 is 0 Å². The average Bonchev–Trinajstić information content (AvgIpc) is 2.47. The summed E-state index contributed by atoms with van der Waals surface area (Å²) in [7, 11) is 0. The molecule has 0 aliphatic carbocycles. The maximum absolute atomic E-state index is 5.84. The molecule has 0 amide bonds. The van der Waals surface area contributed by atoms with Crippen LogP contribution in [0.3, 0.4) is 0 Å². The first kappa shape index (κ1) is 12.9. The smallest absolute Gasteiger partial charge is 0.225 e. The Morgan fingerprint density at radius 2 is 2.00 bits per heavy atom. The van der Waals surface area contributed by atoms with E-state index in [-0.39, 0.29) is 6.10 Å². The number of morpholine rings is 1.